The summed E-state index contributed by atoms with van der Waals surface area (Å²) in [5.74, 6) is -1.03. The second-order valence-corrected chi connectivity index (χ2v) is 6.29. The van der Waals surface area contributed by atoms with Crippen LogP contribution in [0.5, 0.6) is 0 Å². The van der Waals surface area contributed by atoms with Crippen LogP contribution in [-0.4, -0.2) is 24.6 Å². The van der Waals surface area contributed by atoms with E-state index in [1.54, 1.807) is 24.3 Å². The van der Waals surface area contributed by atoms with Crippen molar-refractivity contribution in [2.75, 3.05) is 6.54 Å². The Balaban J connectivity index is 1.91. The zero-order valence-corrected chi connectivity index (χ0v) is 14.3. The van der Waals surface area contributed by atoms with Crippen LogP contribution in [0.2, 0.25) is 10.0 Å². The molecule has 5 nitrogen and oxygen atoms in total. The lowest BCUT2D eigenvalue weighted by Crippen LogP contribution is -2.39. The van der Waals surface area contributed by atoms with E-state index in [-0.39, 0.29) is 11.6 Å². The third kappa shape index (κ3) is 4.03. The normalized spacial score (nSPS) is 17.6. The number of alkyl carbamates (subject to hydrolysis) is 1. The van der Waals surface area contributed by atoms with Crippen molar-refractivity contribution in [2.24, 2.45) is 0 Å². The lowest BCUT2D eigenvalue weighted by atomic mass is 9.98. The molecule has 2 N–H and O–H groups in total. The second-order valence-electron chi connectivity index (χ2n) is 5.44. The summed E-state index contributed by atoms with van der Waals surface area (Å²) in [7, 11) is 0. The van der Waals surface area contributed by atoms with Gasteiger partial charge < -0.3 is 15.4 Å². The van der Waals surface area contributed by atoms with Gasteiger partial charge in [0, 0.05) is 5.02 Å². The summed E-state index contributed by atoms with van der Waals surface area (Å²) in [5.41, 5.74) is 1.30. The highest BCUT2D eigenvalue weighted by Crippen LogP contribution is 2.27. The fraction of sp³-hybridized carbons (Fsp3) is 0.176. The maximum Gasteiger partial charge on any atom is 0.408 e. The first-order chi connectivity index (χ1) is 11.9. The van der Waals surface area contributed by atoms with Crippen LogP contribution in [-0.2, 0) is 9.53 Å². The molecule has 2 atom stereocenters. The van der Waals surface area contributed by atoms with Gasteiger partial charge in [0.1, 0.15) is 5.82 Å². The van der Waals surface area contributed by atoms with Crippen LogP contribution in [0.15, 0.2) is 42.5 Å². The molecular weight excluding hydrogens is 370 g/mol. The van der Waals surface area contributed by atoms with Crippen molar-refractivity contribution in [3.63, 3.8) is 0 Å². The quantitative estimate of drug-likeness (QED) is 0.850. The summed E-state index contributed by atoms with van der Waals surface area (Å²) < 4.78 is 18.4. The van der Waals surface area contributed by atoms with Gasteiger partial charge in [0.25, 0.3) is 5.91 Å². The van der Waals surface area contributed by atoms with Crippen molar-refractivity contribution in [2.45, 2.75) is 12.1 Å². The smallest absolute Gasteiger partial charge is 0.408 e. The molecule has 3 rings (SSSR count). The number of benzene rings is 2. The van der Waals surface area contributed by atoms with Crippen LogP contribution in [0, 0.1) is 5.82 Å². The van der Waals surface area contributed by atoms with E-state index >= 15 is 0 Å². The summed E-state index contributed by atoms with van der Waals surface area (Å²) in [6.07, 6.45) is -1.58. The zero-order valence-electron chi connectivity index (χ0n) is 12.8. The lowest BCUT2D eigenvalue weighted by Gasteiger charge is -2.21. The topological polar surface area (TPSA) is 67.4 Å². The van der Waals surface area contributed by atoms with Gasteiger partial charge in [-0.2, -0.15) is 0 Å². The molecule has 1 heterocycles. The third-order valence-electron chi connectivity index (χ3n) is 3.74. The molecule has 0 bridgehead atoms. The highest BCUT2D eigenvalue weighted by molar-refractivity contribution is 6.31. The number of amides is 2. The lowest BCUT2D eigenvalue weighted by molar-refractivity contribution is -0.128. The molecule has 0 saturated carbocycles. The minimum Gasteiger partial charge on any atom is -0.434 e. The van der Waals surface area contributed by atoms with Gasteiger partial charge in [-0.05, 0) is 35.4 Å². The fourth-order valence-electron chi connectivity index (χ4n) is 2.48. The summed E-state index contributed by atoms with van der Waals surface area (Å²) in [6.45, 7) is 0.0855. The zero-order chi connectivity index (χ0) is 18.0. The van der Waals surface area contributed by atoms with E-state index in [2.05, 4.69) is 10.6 Å². The Bertz CT molecular complexity index is 814. The largest absolute Gasteiger partial charge is 0.434 e. The van der Waals surface area contributed by atoms with Gasteiger partial charge >= 0.3 is 6.09 Å². The Morgan fingerprint density at radius 1 is 1.20 bits per heavy atom. The average Bonchev–Trinajstić information content (AvgIpc) is 3.03. The Hall–Kier alpha value is -2.31. The van der Waals surface area contributed by atoms with E-state index in [9.17, 15) is 14.0 Å². The summed E-state index contributed by atoms with van der Waals surface area (Å²) in [5, 5.41) is 5.70. The van der Waals surface area contributed by atoms with Crippen molar-refractivity contribution in [1.29, 1.82) is 0 Å². The van der Waals surface area contributed by atoms with E-state index in [1.165, 1.54) is 18.2 Å². The van der Waals surface area contributed by atoms with Crippen molar-refractivity contribution in [3.8, 4) is 0 Å². The number of hydrogen-bond donors (Lipinski definition) is 2. The first kappa shape index (κ1) is 17.5. The van der Waals surface area contributed by atoms with E-state index in [1.807, 2.05) is 0 Å². The number of nitrogens with one attached hydrogen (secondary N) is 2. The molecule has 0 radical (unpaired) electrons. The van der Waals surface area contributed by atoms with Gasteiger partial charge in [-0.15, -0.1) is 0 Å². The van der Waals surface area contributed by atoms with Gasteiger partial charge in [0.05, 0.1) is 17.6 Å². The maximum atomic E-state index is 13.5. The predicted octanol–water partition coefficient (Wildman–Crippen LogP) is 3.45. The predicted molar refractivity (Wildman–Crippen MR) is 91.1 cm³/mol. The average molecular weight is 383 g/mol. The van der Waals surface area contributed by atoms with Crippen molar-refractivity contribution in [3.05, 3.63) is 69.5 Å². The number of halogens is 3. The Morgan fingerprint density at radius 2 is 1.88 bits per heavy atom. The molecule has 2 aromatic carbocycles. The van der Waals surface area contributed by atoms with Crippen LogP contribution < -0.4 is 10.6 Å². The minimum absolute atomic E-state index is 0.0559. The van der Waals surface area contributed by atoms with Crippen LogP contribution in [0.4, 0.5) is 9.18 Å². The van der Waals surface area contributed by atoms with Gasteiger partial charge in [-0.1, -0.05) is 41.4 Å². The van der Waals surface area contributed by atoms with E-state index in [0.717, 1.165) is 5.56 Å². The maximum absolute atomic E-state index is 13.5. The molecule has 130 valence electrons. The second kappa shape index (κ2) is 7.29. The molecule has 0 unspecified atom stereocenters. The molecule has 2 amide bonds. The number of carbonyl (C=O) groups excluding carboxylic acids is 2. The van der Waals surface area contributed by atoms with Crippen LogP contribution in [0.3, 0.4) is 0 Å². The number of hydrogen-bond acceptors (Lipinski definition) is 3. The number of carbonyl (C=O) groups is 2. The Labute approximate surface area is 153 Å². The Morgan fingerprint density at radius 3 is 2.48 bits per heavy atom. The number of cyclic esters (lactones) is 1. The van der Waals surface area contributed by atoms with E-state index in [4.69, 9.17) is 27.9 Å². The monoisotopic (exact) mass is 382 g/mol. The summed E-state index contributed by atoms with van der Waals surface area (Å²) >= 11 is 11.8. The molecular formula is C17H13Cl2FN2O3. The summed E-state index contributed by atoms with van der Waals surface area (Å²) in [4.78, 5) is 23.5. The van der Waals surface area contributed by atoms with Crippen LogP contribution in [0.25, 0.3) is 0 Å². The highest BCUT2D eigenvalue weighted by Gasteiger charge is 2.31. The van der Waals surface area contributed by atoms with Crippen molar-refractivity contribution < 1.29 is 18.7 Å². The standard InChI is InChI=1S/C17H13Cl2FN2O3/c18-11-4-1-9(2-5-11)15(10-3-6-13(20)12(19)7-10)22-16(23)14-8-21-17(24)25-14/h1-7,14-15H,8H2,(H,21,24)(H,22,23)/t14-,15+/m0/s1. The van der Waals surface area contributed by atoms with Gasteiger partial charge in [0.2, 0.25) is 0 Å². The van der Waals surface area contributed by atoms with Gasteiger partial charge in [-0.25, -0.2) is 9.18 Å². The van der Waals surface area contributed by atoms with Crippen molar-refractivity contribution in [1.82, 2.24) is 10.6 Å². The summed E-state index contributed by atoms with van der Waals surface area (Å²) in [6, 6.07) is 10.4. The molecule has 1 saturated heterocycles. The fourth-order valence-corrected chi connectivity index (χ4v) is 2.79. The van der Waals surface area contributed by atoms with E-state index < -0.39 is 30.0 Å². The SMILES string of the molecule is O=C1NC[C@@H](C(=O)N[C@H](c2ccc(Cl)cc2)c2ccc(F)c(Cl)c2)O1. The molecule has 8 heteroatoms. The Kier molecular flexibility index (Phi) is 5.11. The first-order valence-corrected chi connectivity index (χ1v) is 8.15. The number of rotatable bonds is 4. The highest BCUT2D eigenvalue weighted by atomic mass is 35.5. The molecule has 1 fully saturated rings. The van der Waals surface area contributed by atoms with Crippen molar-refractivity contribution >= 4 is 35.2 Å². The molecule has 0 spiro atoms. The van der Waals surface area contributed by atoms with Crippen LogP contribution in [0.1, 0.15) is 17.2 Å². The first-order valence-electron chi connectivity index (χ1n) is 7.39. The number of ether oxygens (including phenoxy) is 1. The molecule has 2 aromatic rings. The van der Waals surface area contributed by atoms with Crippen LogP contribution >= 0.6 is 23.2 Å². The van der Waals surface area contributed by atoms with Gasteiger partial charge in [-0.3, -0.25) is 4.79 Å². The third-order valence-corrected chi connectivity index (χ3v) is 4.28. The molecule has 0 aliphatic carbocycles. The molecule has 25 heavy (non-hydrogen) atoms. The molecule has 1 aliphatic rings. The molecule has 0 aromatic heterocycles. The van der Waals surface area contributed by atoms with Gasteiger partial charge in [0.15, 0.2) is 6.10 Å². The molecule has 1 aliphatic heterocycles. The van der Waals surface area contributed by atoms with E-state index in [0.29, 0.717) is 10.6 Å². The minimum atomic E-state index is -0.932.